The second-order valence-electron chi connectivity index (χ2n) is 3.28. The number of hydrogen-bond donors (Lipinski definition) is 0. The summed E-state index contributed by atoms with van der Waals surface area (Å²) in [5.41, 5.74) is 0.826. The number of ether oxygens (including phenoxy) is 2. The van der Waals surface area contributed by atoms with E-state index in [2.05, 4.69) is 26.1 Å². The fourth-order valence-electron chi connectivity index (χ4n) is 1.35. The molecule has 90 valence electrons. The summed E-state index contributed by atoms with van der Waals surface area (Å²) >= 11 is 3.40. The molecule has 2 rings (SSSR count). The maximum Gasteiger partial charge on any atom is 0.247 e. The van der Waals surface area contributed by atoms with Crippen molar-refractivity contribution in [2.45, 2.75) is 6.61 Å². The number of rotatable bonds is 4. The van der Waals surface area contributed by atoms with Crippen LogP contribution in [-0.4, -0.2) is 24.4 Å². The Balaban J connectivity index is 2.29. The first kappa shape index (κ1) is 12.1. The molecule has 0 aliphatic heterocycles. The monoisotopic (exact) mass is 298 g/mol. The summed E-state index contributed by atoms with van der Waals surface area (Å²) < 4.78 is 16.3. The van der Waals surface area contributed by atoms with Crippen molar-refractivity contribution in [3.63, 3.8) is 0 Å². The molecule has 0 saturated heterocycles. The summed E-state index contributed by atoms with van der Waals surface area (Å²) in [4.78, 5) is 0. The number of nitrogens with zero attached hydrogens (tertiary/aromatic N) is 2. The summed E-state index contributed by atoms with van der Waals surface area (Å²) in [6, 6.07) is 5.55. The zero-order chi connectivity index (χ0) is 12.3. The van der Waals surface area contributed by atoms with E-state index >= 15 is 0 Å². The van der Waals surface area contributed by atoms with Crippen molar-refractivity contribution < 1.29 is 13.9 Å². The van der Waals surface area contributed by atoms with E-state index in [0.717, 1.165) is 15.8 Å². The van der Waals surface area contributed by atoms with Gasteiger partial charge in [0.25, 0.3) is 0 Å². The van der Waals surface area contributed by atoms with Gasteiger partial charge in [0.1, 0.15) is 12.4 Å². The first-order chi connectivity index (χ1) is 8.24. The molecule has 0 saturated carbocycles. The summed E-state index contributed by atoms with van der Waals surface area (Å²) in [5, 5.41) is 7.81. The van der Waals surface area contributed by atoms with E-state index in [1.165, 1.54) is 0 Å². The molecule has 0 N–H and O–H groups in total. The topological polar surface area (TPSA) is 57.4 Å². The van der Waals surface area contributed by atoms with Crippen LogP contribution in [0.3, 0.4) is 0 Å². The molecule has 0 spiro atoms. The SMILES string of the molecule is COCc1nnc(-c2ccc(OC)c(Br)c2)o1. The van der Waals surface area contributed by atoms with Crippen LogP contribution in [0.15, 0.2) is 27.1 Å². The van der Waals surface area contributed by atoms with E-state index in [1.54, 1.807) is 14.2 Å². The lowest BCUT2D eigenvalue weighted by atomic mass is 10.2. The quantitative estimate of drug-likeness (QED) is 0.868. The van der Waals surface area contributed by atoms with E-state index in [-0.39, 0.29) is 0 Å². The summed E-state index contributed by atoms with van der Waals surface area (Å²) in [5.74, 6) is 1.67. The Morgan fingerprint density at radius 3 is 2.76 bits per heavy atom. The zero-order valence-electron chi connectivity index (χ0n) is 9.44. The third-order valence-electron chi connectivity index (χ3n) is 2.13. The van der Waals surface area contributed by atoms with Gasteiger partial charge in [-0.2, -0.15) is 0 Å². The lowest BCUT2D eigenvalue weighted by Crippen LogP contribution is -1.85. The van der Waals surface area contributed by atoms with Crippen LogP contribution in [0.5, 0.6) is 5.75 Å². The van der Waals surface area contributed by atoms with Gasteiger partial charge >= 0.3 is 0 Å². The van der Waals surface area contributed by atoms with Crippen molar-refractivity contribution in [1.29, 1.82) is 0 Å². The third kappa shape index (κ3) is 2.65. The van der Waals surface area contributed by atoms with Crippen molar-refractivity contribution in [1.82, 2.24) is 10.2 Å². The Bertz CT molecular complexity index is 513. The van der Waals surface area contributed by atoms with Gasteiger partial charge in [-0.25, -0.2) is 0 Å². The van der Waals surface area contributed by atoms with E-state index in [9.17, 15) is 0 Å². The number of methoxy groups -OCH3 is 2. The fourth-order valence-corrected chi connectivity index (χ4v) is 1.89. The van der Waals surface area contributed by atoms with Crippen molar-refractivity contribution in [3.8, 4) is 17.2 Å². The van der Waals surface area contributed by atoms with Gasteiger partial charge in [0.2, 0.25) is 11.8 Å². The molecule has 5 nitrogen and oxygen atoms in total. The van der Waals surface area contributed by atoms with Crippen molar-refractivity contribution in [2.24, 2.45) is 0 Å². The van der Waals surface area contributed by atoms with Gasteiger partial charge in [0, 0.05) is 12.7 Å². The Morgan fingerprint density at radius 1 is 1.29 bits per heavy atom. The minimum atomic E-state index is 0.310. The molecule has 0 fully saturated rings. The highest BCUT2D eigenvalue weighted by atomic mass is 79.9. The van der Waals surface area contributed by atoms with Gasteiger partial charge < -0.3 is 13.9 Å². The molecule has 0 aliphatic carbocycles. The summed E-state index contributed by atoms with van der Waals surface area (Å²) in [6.45, 7) is 0.310. The first-order valence-corrected chi connectivity index (χ1v) is 5.69. The summed E-state index contributed by atoms with van der Waals surface area (Å²) in [7, 11) is 3.19. The van der Waals surface area contributed by atoms with Gasteiger partial charge in [-0.15, -0.1) is 10.2 Å². The van der Waals surface area contributed by atoms with Crippen LogP contribution in [-0.2, 0) is 11.3 Å². The Morgan fingerprint density at radius 2 is 2.12 bits per heavy atom. The fraction of sp³-hybridized carbons (Fsp3) is 0.273. The van der Waals surface area contributed by atoms with E-state index in [4.69, 9.17) is 13.9 Å². The van der Waals surface area contributed by atoms with E-state index in [0.29, 0.717) is 18.4 Å². The van der Waals surface area contributed by atoms with Gasteiger partial charge in [-0.3, -0.25) is 0 Å². The van der Waals surface area contributed by atoms with Crippen molar-refractivity contribution in [2.75, 3.05) is 14.2 Å². The largest absolute Gasteiger partial charge is 0.496 e. The normalized spacial score (nSPS) is 10.5. The molecule has 0 aliphatic rings. The number of aromatic nitrogens is 2. The molecular formula is C11H11BrN2O3. The Kier molecular flexibility index (Phi) is 3.75. The second kappa shape index (κ2) is 5.29. The van der Waals surface area contributed by atoms with E-state index in [1.807, 2.05) is 18.2 Å². The van der Waals surface area contributed by atoms with Gasteiger partial charge in [0.15, 0.2) is 0 Å². The molecule has 1 heterocycles. The predicted molar refractivity (Wildman–Crippen MR) is 64.7 cm³/mol. The number of benzene rings is 1. The predicted octanol–water partition coefficient (Wildman–Crippen LogP) is 2.65. The minimum absolute atomic E-state index is 0.310. The zero-order valence-corrected chi connectivity index (χ0v) is 11.0. The van der Waals surface area contributed by atoms with Crippen LogP contribution < -0.4 is 4.74 Å². The van der Waals surface area contributed by atoms with Crippen LogP contribution in [0.4, 0.5) is 0 Å². The van der Waals surface area contributed by atoms with Crippen molar-refractivity contribution >= 4 is 15.9 Å². The molecule has 0 bridgehead atoms. The highest BCUT2D eigenvalue weighted by Gasteiger charge is 2.10. The van der Waals surface area contributed by atoms with Crippen LogP contribution in [0.1, 0.15) is 5.89 Å². The molecule has 1 aromatic heterocycles. The number of hydrogen-bond acceptors (Lipinski definition) is 5. The van der Waals surface area contributed by atoms with Crippen LogP contribution in [0, 0.1) is 0 Å². The molecule has 2 aromatic rings. The number of halogens is 1. The average Bonchev–Trinajstić information content (AvgIpc) is 2.78. The third-order valence-corrected chi connectivity index (χ3v) is 2.75. The van der Waals surface area contributed by atoms with Crippen molar-refractivity contribution in [3.05, 3.63) is 28.6 Å². The van der Waals surface area contributed by atoms with Crippen LogP contribution in [0.2, 0.25) is 0 Å². The first-order valence-electron chi connectivity index (χ1n) is 4.90. The molecular weight excluding hydrogens is 288 g/mol. The smallest absolute Gasteiger partial charge is 0.247 e. The molecule has 6 heteroatoms. The lowest BCUT2D eigenvalue weighted by molar-refractivity contribution is 0.160. The molecule has 0 radical (unpaired) electrons. The highest BCUT2D eigenvalue weighted by Crippen LogP contribution is 2.29. The molecule has 0 atom stereocenters. The highest BCUT2D eigenvalue weighted by molar-refractivity contribution is 9.10. The maximum atomic E-state index is 5.43. The molecule has 1 aromatic carbocycles. The van der Waals surface area contributed by atoms with Gasteiger partial charge in [0.05, 0.1) is 11.6 Å². The molecule has 0 amide bonds. The van der Waals surface area contributed by atoms with Gasteiger partial charge in [-0.1, -0.05) is 0 Å². The maximum absolute atomic E-state index is 5.43. The molecule has 0 unspecified atom stereocenters. The molecule has 17 heavy (non-hydrogen) atoms. The van der Waals surface area contributed by atoms with Gasteiger partial charge in [-0.05, 0) is 34.1 Å². The summed E-state index contributed by atoms with van der Waals surface area (Å²) in [6.07, 6.45) is 0. The standard InChI is InChI=1S/C11H11BrN2O3/c1-15-6-10-13-14-11(17-10)7-3-4-9(16-2)8(12)5-7/h3-5H,6H2,1-2H3. The minimum Gasteiger partial charge on any atom is -0.496 e. The van der Waals surface area contributed by atoms with Crippen LogP contribution >= 0.6 is 15.9 Å². The average molecular weight is 299 g/mol. The second-order valence-corrected chi connectivity index (χ2v) is 4.14. The van der Waals surface area contributed by atoms with E-state index < -0.39 is 0 Å². The Labute approximate surface area is 107 Å². The Hall–Kier alpha value is -1.40. The lowest BCUT2D eigenvalue weighted by Gasteiger charge is -2.03. The van der Waals surface area contributed by atoms with Crippen LogP contribution in [0.25, 0.3) is 11.5 Å².